The molecule has 1 amide bonds. The maximum Gasteiger partial charge on any atom is 0.223 e. The van der Waals surface area contributed by atoms with E-state index < -0.39 is 0 Å². The van der Waals surface area contributed by atoms with E-state index in [2.05, 4.69) is 73.4 Å². The summed E-state index contributed by atoms with van der Waals surface area (Å²) in [6.45, 7) is 5.28. The predicted molar refractivity (Wildman–Crippen MR) is 99.8 cm³/mol. The highest BCUT2D eigenvalue weighted by atomic mass is 16.2. The molecule has 1 fully saturated rings. The van der Waals surface area contributed by atoms with Gasteiger partial charge in [-0.1, -0.05) is 74.9 Å². The van der Waals surface area contributed by atoms with Crippen LogP contribution in [0.25, 0.3) is 0 Å². The van der Waals surface area contributed by atoms with Crippen molar-refractivity contribution in [2.75, 3.05) is 6.54 Å². The topological polar surface area (TPSA) is 20.3 Å². The van der Waals surface area contributed by atoms with Crippen molar-refractivity contribution in [3.8, 4) is 0 Å². The van der Waals surface area contributed by atoms with Gasteiger partial charge in [-0.05, 0) is 30.7 Å². The summed E-state index contributed by atoms with van der Waals surface area (Å²) in [7, 11) is 0. The molecule has 2 heteroatoms. The molecule has 0 saturated carbocycles. The van der Waals surface area contributed by atoms with Gasteiger partial charge in [-0.2, -0.15) is 0 Å². The molecule has 1 heterocycles. The summed E-state index contributed by atoms with van der Waals surface area (Å²) in [5.74, 6) is 0.736. The zero-order valence-corrected chi connectivity index (χ0v) is 14.9. The number of rotatable bonds is 6. The van der Waals surface area contributed by atoms with Crippen LogP contribution in [-0.2, 0) is 10.2 Å². The van der Waals surface area contributed by atoms with E-state index in [1.165, 1.54) is 5.56 Å². The number of benzene rings is 1. The summed E-state index contributed by atoms with van der Waals surface area (Å²) in [6, 6.07) is 11.1. The van der Waals surface area contributed by atoms with Gasteiger partial charge >= 0.3 is 0 Å². The molecule has 24 heavy (non-hydrogen) atoms. The van der Waals surface area contributed by atoms with E-state index in [4.69, 9.17) is 0 Å². The first-order valence-electron chi connectivity index (χ1n) is 9.39. The van der Waals surface area contributed by atoms with Crippen molar-refractivity contribution in [1.29, 1.82) is 0 Å². The van der Waals surface area contributed by atoms with Gasteiger partial charge in [0, 0.05) is 24.4 Å². The van der Waals surface area contributed by atoms with Crippen molar-refractivity contribution in [1.82, 2.24) is 4.90 Å². The van der Waals surface area contributed by atoms with E-state index in [1.54, 1.807) is 0 Å². The highest BCUT2D eigenvalue weighted by molar-refractivity contribution is 5.81. The van der Waals surface area contributed by atoms with Crippen LogP contribution in [0.5, 0.6) is 0 Å². The summed E-state index contributed by atoms with van der Waals surface area (Å²) in [5.41, 5.74) is 1.23. The van der Waals surface area contributed by atoms with Crippen LogP contribution in [0.1, 0.15) is 51.5 Å². The third kappa shape index (κ3) is 3.07. The highest BCUT2D eigenvalue weighted by Crippen LogP contribution is 2.45. The van der Waals surface area contributed by atoms with E-state index in [1.807, 2.05) is 0 Å². The second-order valence-electron chi connectivity index (χ2n) is 7.23. The van der Waals surface area contributed by atoms with Crippen molar-refractivity contribution in [2.24, 2.45) is 5.92 Å². The molecule has 1 aromatic rings. The molecule has 2 aliphatic rings. The molecule has 2 nitrogen and oxygen atoms in total. The van der Waals surface area contributed by atoms with Gasteiger partial charge in [0.05, 0.1) is 0 Å². The largest absolute Gasteiger partial charge is 0.339 e. The SMILES string of the molecule is CCCC(CC)N1CC(c2ccccc2)(C2C=CC=CC2)CC1=O. The molecule has 0 spiro atoms. The Labute approximate surface area is 146 Å². The number of hydrogen-bond donors (Lipinski definition) is 0. The summed E-state index contributed by atoms with van der Waals surface area (Å²) < 4.78 is 0. The molecule has 0 radical (unpaired) electrons. The lowest BCUT2D eigenvalue weighted by molar-refractivity contribution is -0.129. The lowest BCUT2D eigenvalue weighted by Crippen LogP contribution is -2.41. The zero-order chi connectivity index (χ0) is 17.0. The van der Waals surface area contributed by atoms with Crippen molar-refractivity contribution in [3.05, 3.63) is 60.2 Å². The Balaban J connectivity index is 1.96. The van der Waals surface area contributed by atoms with E-state index in [9.17, 15) is 4.79 Å². The summed E-state index contributed by atoms with van der Waals surface area (Å²) in [4.78, 5) is 15.1. The van der Waals surface area contributed by atoms with Gasteiger partial charge in [-0.25, -0.2) is 0 Å². The van der Waals surface area contributed by atoms with Crippen LogP contribution in [0.3, 0.4) is 0 Å². The lowest BCUT2D eigenvalue weighted by Gasteiger charge is -2.38. The van der Waals surface area contributed by atoms with Gasteiger partial charge in [0.1, 0.15) is 0 Å². The summed E-state index contributed by atoms with van der Waals surface area (Å²) in [6.07, 6.45) is 13.8. The Morgan fingerprint density at radius 1 is 1.21 bits per heavy atom. The fraction of sp³-hybridized carbons (Fsp3) is 0.500. The molecule has 3 atom stereocenters. The molecular formula is C22H29NO. The molecule has 3 unspecified atom stereocenters. The van der Waals surface area contributed by atoms with Crippen LogP contribution in [0.4, 0.5) is 0 Å². The number of likely N-dealkylation sites (tertiary alicyclic amines) is 1. The first-order chi connectivity index (χ1) is 11.7. The first kappa shape index (κ1) is 17.0. The van der Waals surface area contributed by atoms with Gasteiger partial charge in [0.2, 0.25) is 5.91 Å². The van der Waals surface area contributed by atoms with E-state index >= 15 is 0 Å². The van der Waals surface area contributed by atoms with Crippen LogP contribution in [0.2, 0.25) is 0 Å². The standard InChI is InChI=1S/C22H29NO/c1-3-11-20(4-2)23-17-22(16-21(23)24,18-12-7-5-8-13-18)19-14-9-6-10-15-19/h5-10,12-14,19-20H,3-4,11,15-17H2,1-2H3. The molecule has 1 aliphatic heterocycles. The average Bonchev–Trinajstić information content (AvgIpc) is 3.00. The number of hydrogen-bond acceptors (Lipinski definition) is 1. The second-order valence-corrected chi connectivity index (χ2v) is 7.23. The van der Waals surface area contributed by atoms with Crippen LogP contribution in [-0.4, -0.2) is 23.4 Å². The third-order valence-corrected chi connectivity index (χ3v) is 5.81. The molecule has 0 N–H and O–H groups in total. The molecule has 0 aromatic heterocycles. The minimum Gasteiger partial charge on any atom is -0.339 e. The normalized spacial score (nSPS) is 27.7. The maximum atomic E-state index is 13.0. The van der Waals surface area contributed by atoms with E-state index in [0.29, 0.717) is 24.3 Å². The quantitative estimate of drug-likeness (QED) is 0.731. The monoisotopic (exact) mass is 323 g/mol. The Morgan fingerprint density at radius 3 is 2.62 bits per heavy atom. The first-order valence-corrected chi connectivity index (χ1v) is 9.39. The third-order valence-electron chi connectivity index (χ3n) is 5.81. The van der Waals surface area contributed by atoms with Gasteiger partial charge in [0.25, 0.3) is 0 Å². The van der Waals surface area contributed by atoms with Crippen LogP contribution < -0.4 is 0 Å². The van der Waals surface area contributed by atoms with Gasteiger partial charge in [-0.15, -0.1) is 0 Å². The number of nitrogens with zero attached hydrogens (tertiary/aromatic N) is 1. The number of amides is 1. The minimum atomic E-state index is -0.0826. The smallest absolute Gasteiger partial charge is 0.223 e. The van der Waals surface area contributed by atoms with Crippen molar-refractivity contribution in [2.45, 2.75) is 57.4 Å². The van der Waals surface area contributed by atoms with Crippen LogP contribution in [0, 0.1) is 5.92 Å². The fourth-order valence-electron chi connectivity index (χ4n) is 4.48. The van der Waals surface area contributed by atoms with Gasteiger partial charge < -0.3 is 4.90 Å². The Morgan fingerprint density at radius 2 is 2.00 bits per heavy atom. The number of carbonyl (C=O) groups is 1. The average molecular weight is 323 g/mol. The van der Waals surface area contributed by atoms with Crippen LogP contribution >= 0.6 is 0 Å². The minimum absolute atomic E-state index is 0.0826. The van der Waals surface area contributed by atoms with E-state index in [0.717, 1.165) is 32.2 Å². The Hall–Kier alpha value is -1.83. The maximum absolute atomic E-state index is 13.0. The molecule has 0 bridgehead atoms. The summed E-state index contributed by atoms with van der Waals surface area (Å²) >= 11 is 0. The van der Waals surface area contributed by atoms with Crippen molar-refractivity contribution < 1.29 is 4.79 Å². The van der Waals surface area contributed by atoms with E-state index in [-0.39, 0.29) is 5.41 Å². The molecule has 1 aliphatic carbocycles. The summed E-state index contributed by atoms with van der Waals surface area (Å²) in [5, 5.41) is 0. The Bertz CT molecular complexity index is 618. The lowest BCUT2D eigenvalue weighted by atomic mass is 9.67. The fourth-order valence-corrected chi connectivity index (χ4v) is 4.48. The van der Waals surface area contributed by atoms with Gasteiger partial charge in [-0.3, -0.25) is 4.79 Å². The molecule has 1 saturated heterocycles. The molecule has 1 aromatic carbocycles. The molecule has 3 rings (SSSR count). The number of carbonyl (C=O) groups excluding carboxylic acids is 1. The predicted octanol–water partition coefficient (Wildman–Crippen LogP) is 4.87. The number of allylic oxidation sites excluding steroid dienone is 4. The van der Waals surface area contributed by atoms with Crippen molar-refractivity contribution in [3.63, 3.8) is 0 Å². The zero-order valence-electron chi connectivity index (χ0n) is 14.9. The van der Waals surface area contributed by atoms with Gasteiger partial charge in [0.15, 0.2) is 0 Å². The second kappa shape index (κ2) is 7.38. The molecule has 128 valence electrons. The van der Waals surface area contributed by atoms with Crippen LogP contribution in [0.15, 0.2) is 54.6 Å². The van der Waals surface area contributed by atoms with Crippen molar-refractivity contribution >= 4 is 5.91 Å². The Kier molecular flexibility index (Phi) is 5.23. The molecular weight excluding hydrogens is 294 g/mol. The highest BCUT2D eigenvalue weighted by Gasteiger charge is 2.49.